The summed E-state index contributed by atoms with van der Waals surface area (Å²) >= 11 is 0. The molecule has 1 heterocycles. The van der Waals surface area contributed by atoms with Gasteiger partial charge in [-0.05, 0) is 38.9 Å². The monoisotopic (exact) mass is 484 g/mol. The maximum Gasteiger partial charge on any atom is 0.252 e. The number of nitrogens with zero attached hydrogens (tertiary/aromatic N) is 1. The predicted molar refractivity (Wildman–Crippen MR) is 130 cm³/mol. The third-order valence-electron chi connectivity index (χ3n) is 5.27. The van der Waals surface area contributed by atoms with Crippen molar-refractivity contribution in [1.29, 1.82) is 0 Å². The Bertz CT molecular complexity index is 1030. The molecule has 0 bridgehead atoms. The number of ketones is 1. The van der Waals surface area contributed by atoms with Gasteiger partial charge in [0.25, 0.3) is 5.91 Å². The van der Waals surface area contributed by atoms with Gasteiger partial charge in [0.15, 0.2) is 5.78 Å². The van der Waals surface area contributed by atoms with Crippen LogP contribution in [0.5, 0.6) is 0 Å². The molecule has 11 heteroatoms. The van der Waals surface area contributed by atoms with Crippen LogP contribution in [-0.4, -0.2) is 70.9 Å². The fourth-order valence-corrected chi connectivity index (χ4v) is 3.26. The van der Waals surface area contributed by atoms with Gasteiger partial charge in [0, 0.05) is 23.9 Å². The van der Waals surface area contributed by atoms with Crippen LogP contribution in [0.15, 0.2) is 48.7 Å². The molecule has 1 aromatic carbocycles. The zero-order valence-corrected chi connectivity index (χ0v) is 19.7. The van der Waals surface area contributed by atoms with Crippen LogP contribution < -0.4 is 27.4 Å². The average molecular weight is 485 g/mol. The number of hydrogen-bond donors (Lipinski definition) is 6. The summed E-state index contributed by atoms with van der Waals surface area (Å²) in [6, 6.07) is 9.00. The van der Waals surface area contributed by atoms with Crippen LogP contribution in [0.2, 0.25) is 0 Å². The van der Waals surface area contributed by atoms with Crippen LogP contribution in [-0.2, 0) is 14.4 Å². The quantitative estimate of drug-likeness (QED) is 0.223. The van der Waals surface area contributed by atoms with Crippen LogP contribution >= 0.6 is 0 Å². The molecule has 0 saturated heterocycles. The summed E-state index contributed by atoms with van der Waals surface area (Å²) in [5.41, 5.74) is 12.8. The van der Waals surface area contributed by atoms with Crippen molar-refractivity contribution in [2.24, 2.45) is 11.5 Å². The lowest BCUT2D eigenvalue weighted by molar-refractivity contribution is -0.134. The molecule has 8 N–H and O–H groups in total. The Morgan fingerprint density at radius 1 is 0.971 bits per heavy atom. The number of rotatable bonds is 12. The van der Waals surface area contributed by atoms with Gasteiger partial charge >= 0.3 is 0 Å². The number of Topliss-reactive ketones (excluding diaryl/α,β-unsaturated/α-hetero) is 1. The van der Waals surface area contributed by atoms with E-state index < -0.39 is 42.0 Å². The van der Waals surface area contributed by atoms with Gasteiger partial charge in [0.1, 0.15) is 12.1 Å². The maximum atomic E-state index is 12.9. The molecule has 3 amide bonds. The lowest BCUT2D eigenvalue weighted by Crippen LogP contribution is -2.59. The number of nitrogens with two attached hydrogens (primary N) is 2. The summed E-state index contributed by atoms with van der Waals surface area (Å²) in [6.45, 7) is 2.52. The molecule has 2 aromatic rings. The minimum Gasteiger partial charge on any atom is -0.391 e. The van der Waals surface area contributed by atoms with E-state index in [0.717, 1.165) is 5.56 Å². The molecule has 0 spiro atoms. The predicted octanol–water partition coefficient (Wildman–Crippen LogP) is -0.906. The number of aromatic nitrogens is 1. The second-order valence-corrected chi connectivity index (χ2v) is 8.03. The van der Waals surface area contributed by atoms with E-state index in [-0.39, 0.29) is 30.9 Å². The average Bonchev–Trinajstić information content (AvgIpc) is 2.85. The third-order valence-corrected chi connectivity index (χ3v) is 5.27. The second kappa shape index (κ2) is 13.3. The Labute approximate surface area is 203 Å². The minimum absolute atomic E-state index is 0.0785. The Kier molecular flexibility index (Phi) is 10.5. The molecule has 0 saturated carbocycles. The van der Waals surface area contributed by atoms with Gasteiger partial charge in [-0.15, -0.1) is 0 Å². The van der Waals surface area contributed by atoms with Gasteiger partial charge in [-0.25, -0.2) is 0 Å². The molecule has 4 atom stereocenters. The molecule has 11 nitrogen and oxygen atoms in total. The van der Waals surface area contributed by atoms with E-state index >= 15 is 0 Å². The molecule has 35 heavy (non-hydrogen) atoms. The zero-order chi connectivity index (χ0) is 26.0. The third kappa shape index (κ3) is 7.95. The number of amides is 3. The highest BCUT2D eigenvalue weighted by atomic mass is 16.3. The van der Waals surface area contributed by atoms with Crippen LogP contribution in [0, 0.1) is 0 Å². The molecule has 0 radical (unpaired) electrons. The van der Waals surface area contributed by atoms with Gasteiger partial charge < -0.3 is 32.5 Å². The zero-order valence-electron chi connectivity index (χ0n) is 19.7. The number of hydrogen-bond acceptors (Lipinski definition) is 8. The summed E-state index contributed by atoms with van der Waals surface area (Å²) < 4.78 is 0. The fraction of sp³-hybridized carbons (Fsp3) is 0.375. The fourth-order valence-electron chi connectivity index (χ4n) is 3.26. The molecule has 0 aliphatic heterocycles. The van der Waals surface area contributed by atoms with Crippen molar-refractivity contribution in [3.05, 3.63) is 54.2 Å². The summed E-state index contributed by atoms with van der Waals surface area (Å²) in [5, 5.41) is 17.5. The van der Waals surface area contributed by atoms with Gasteiger partial charge in [-0.1, -0.05) is 30.3 Å². The minimum atomic E-state index is -1.38. The van der Waals surface area contributed by atoms with E-state index in [4.69, 9.17) is 11.5 Å². The number of nitrogens with one attached hydrogen (secondary N) is 3. The van der Waals surface area contributed by atoms with E-state index in [2.05, 4.69) is 20.9 Å². The first-order valence-electron chi connectivity index (χ1n) is 11.2. The highest BCUT2D eigenvalue weighted by Crippen LogP contribution is 2.17. The van der Waals surface area contributed by atoms with Gasteiger partial charge in [0.05, 0.1) is 17.8 Å². The van der Waals surface area contributed by atoms with Gasteiger partial charge in [0.2, 0.25) is 11.8 Å². The standard InChI is InChI=1S/C24H32N6O5/c1-14(31)20(13-26)29-24(35)21(15(2)32)30-23(34)18(8-10-25)28-22(33)17-9-11-27-19(12-17)16-6-4-3-5-7-16/h3-7,9,11-12,15,18,20-21,32H,8,10,13,25-26H2,1-2H3,(H,28,33)(H,29,35)(H,30,34)/t15-,18+,20+,21+/m1/s1. The number of carbonyl (C=O) groups is 4. The number of benzene rings is 1. The first-order chi connectivity index (χ1) is 16.7. The summed E-state index contributed by atoms with van der Waals surface area (Å²) in [5.74, 6) is -2.39. The van der Waals surface area contributed by atoms with Crippen LogP contribution in [0.3, 0.4) is 0 Å². The Morgan fingerprint density at radius 3 is 2.23 bits per heavy atom. The summed E-state index contributed by atoms with van der Waals surface area (Å²) in [4.78, 5) is 54.2. The number of carbonyl (C=O) groups excluding carboxylic acids is 4. The first kappa shape index (κ1) is 27.6. The Hall–Kier alpha value is -3.67. The topological polar surface area (TPSA) is 190 Å². The van der Waals surface area contributed by atoms with E-state index in [0.29, 0.717) is 5.69 Å². The largest absolute Gasteiger partial charge is 0.391 e. The molecular weight excluding hydrogens is 452 g/mol. The van der Waals surface area contributed by atoms with Crippen molar-refractivity contribution in [3.8, 4) is 11.3 Å². The molecule has 2 rings (SSSR count). The maximum absolute atomic E-state index is 12.9. The van der Waals surface area contributed by atoms with Crippen molar-refractivity contribution < 1.29 is 24.3 Å². The van der Waals surface area contributed by atoms with E-state index in [9.17, 15) is 24.3 Å². The summed E-state index contributed by atoms with van der Waals surface area (Å²) in [6.07, 6.45) is 0.292. The second-order valence-electron chi connectivity index (χ2n) is 8.03. The SMILES string of the molecule is CC(=O)[C@H](CN)NC(=O)[C@@H](NC(=O)[C@H](CCN)NC(=O)c1ccnc(-c2ccccc2)c1)[C@@H](C)O. The van der Waals surface area contributed by atoms with Crippen LogP contribution in [0.4, 0.5) is 0 Å². The molecule has 0 unspecified atom stereocenters. The van der Waals surface area contributed by atoms with Crippen LogP contribution in [0.1, 0.15) is 30.6 Å². The first-order valence-corrected chi connectivity index (χ1v) is 11.2. The van der Waals surface area contributed by atoms with Crippen molar-refractivity contribution in [2.45, 2.75) is 44.5 Å². The lowest BCUT2D eigenvalue weighted by Gasteiger charge is -2.26. The molecule has 0 fully saturated rings. The molecular formula is C24H32N6O5. The number of aliphatic hydroxyl groups excluding tert-OH is 1. The molecule has 188 valence electrons. The molecule has 1 aromatic heterocycles. The van der Waals surface area contributed by atoms with Crippen molar-refractivity contribution in [1.82, 2.24) is 20.9 Å². The van der Waals surface area contributed by atoms with Crippen molar-refractivity contribution >= 4 is 23.5 Å². The normalized spacial score (nSPS) is 14.2. The summed E-state index contributed by atoms with van der Waals surface area (Å²) in [7, 11) is 0. The Morgan fingerprint density at radius 2 is 1.66 bits per heavy atom. The van der Waals surface area contributed by atoms with E-state index in [1.165, 1.54) is 26.1 Å². The van der Waals surface area contributed by atoms with Crippen molar-refractivity contribution in [3.63, 3.8) is 0 Å². The smallest absolute Gasteiger partial charge is 0.252 e. The van der Waals surface area contributed by atoms with Gasteiger partial charge in [-0.2, -0.15) is 0 Å². The highest BCUT2D eigenvalue weighted by Gasteiger charge is 2.31. The number of pyridine rings is 1. The number of aliphatic hydroxyl groups is 1. The lowest BCUT2D eigenvalue weighted by atomic mass is 10.1. The van der Waals surface area contributed by atoms with Crippen LogP contribution in [0.25, 0.3) is 11.3 Å². The van der Waals surface area contributed by atoms with E-state index in [1.807, 2.05) is 30.3 Å². The van der Waals surface area contributed by atoms with Gasteiger partial charge in [-0.3, -0.25) is 24.2 Å². The van der Waals surface area contributed by atoms with Crippen molar-refractivity contribution in [2.75, 3.05) is 13.1 Å². The highest BCUT2D eigenvalue weighted by molar-refractivity contribution is 5.99. The molecule has 0 aliphatic carbocycles. The Balaban J connectivity index is 2.14. The van der Waals surface area contributed by atoms with E-state index in [1.54, 1.807) is 6.07 Å². The molecule has 0 aliphatic rings.